The predicted octanol–water partition coefficient (Wildman–Crippen LogP) is 9.01. The van der Waals surface area contributed by atoms with E-state index in [0.29, 0.717) is 0 Å². The summed E-state index contributed by atoms with van der Waals surface area (Å²) in [5.74, 6) is -11.4. The molecule has 0 saturated heterocycles. The van der Waals surface area contributed by atoms with E-state index in [-0.39, 0.29) is 70.7 Å². The number of benzene rings is 8. The van der Waals surface area contributed by atoms with Crippen LogP contribution in [0.5, 0.6) is 0 Å². The second-order valence-electron chi connectivity index (χ2n) is 15.0. The van der Waals surface area contributed by atoms with Gasteiger partial charge in [0, 0.05) is 48.5 Å². The van der Waals surface area contributed by atoms with Crippen molar-refractivity contribution in [1.29, 1.82) is 0 Å². The first-order valence-electron chi connectivity index (χ1n) is 22.4. The second kappa shape index (κ2) is 31.5. The molecule has 0 atom stereocenters. The fourth-order valence-corrected chi connectivity index (χ4v) is 5.88. The maximum absolute atomic E-state index is 11.7. The van der Waals surface area contributed by atoms with E-state index in [9.17, 15) is 57.5 Å². The summed E-state index contributed by atoms with van der Waals surface area (Å²) in [6.45, 7) is 0. The molecule has 8 aromatic carbocycles. The summed E-state index contributed by atoms with van der Waals surface area (Å²) < 4.78 is 18.1. The molecule has 0 amide bonds. The molecule has 0 aliphatic rings. The van der Waals surface area contributed by atoms with Crippen molar-refractivity contribution in [3.05, 3.63) is 287 Å². The van der Waals surface area contributed by atoms with Crippen molar-refractivity contribution < 1.29 is 103 Å². The molecule has 0 aromatic heterocycles. The first kappa shape index (κ1) is 59.4. The number of carbonyl (C=O) groups is 12. The average molecular weight is 1110 g/mol. The van der Waals surface area contributed by atoms with Crippen LogP contribution in [0.1, 0.15) is 82.9 Å². The summed E-state index contributed by atoms with van der Waals surface area (Å²) in [5, 5.41) is 0. The smallest absolute Gasteiger partial charge is 0.383 e. The van der Waals surface area contributed by atoms with Crippen LogP contribution >= 0.6 is 0 Å². The van der Waals surface area contributed by atoms with Crippen LogP contribution in [-0.2, 0) is 64.3 Å². The normalized spacial score (nSPS) is 9.56. The van der Waals surface area contributed by atoms with Crippen LogP contribution in [0.4, 0.5) is 0 Å². The van der Waals surface area contributed by atoms with E-state index in [1.165, 1.54) is 97.1 Å². The van der Waals surface area contributed by atoms with Crippen LogP contribution in [0, 0.1) is 0 Å². The van der Waals surface area contributed by atoms with Crippen LogP contribution in [0.2, 0.25) is 0 Å². The Balaban J connectivity index is 0.000000221. The van der Waals surface area contributed by atoms with Crippen molar-refractivity contribution in [2.24, 2.45) is 0 Å². The Labute approximate surface area is 458 Å². The average Bonchev–Trinajstić information content (AvgIpc) is 3.48. The van der Waals surface area contributed by atoms with Gasteiger partial charge in [-0.3, -0.25) is 19.2 Å². The van der Waals surface area contributed by atoms with Gasteiger partial charge in [0.05, 0.1) is 22.3 Å². The molecule has 0 saturated carbocycles. The van der Waals surface area contributed by atoms with Gasteiger partial charge in [-0.1, -0.05) is 194 Å². The molecule has 0 spiro atoms. The number of esters is 8. The predicted molar refractivity (Wildman–Crippen MR) is 271 cm³/mol. The van der Waals surface area contributed by atoms with E-state index in [2.05, 4.69) is 18.9 Å². The van der Waals surface area contributed by atoms with E-state index >= 15 is 0 Å². The summed E-state index contributed by atoms with van der Waals surface area (Å²) in [5.41, 5.74) is 1.63. The van der Waals surface area contributed by atoms with Crippen LogP contribution in [0.25, 0.3) is 0 Å². The fraction of sp³-hybridized carbons (Fsp3) is 0. The zero-order valence-corrected chi connectivity index (χ0v) is 42.6. The zero-order chi connectivity index (χ0) is 54.7. The van der Waals surface area contributed by atoms with E-state index in [0.717, 1.165) is 0 Å². The van der Waals surface area contributed by atoms with E-state index in [4.69, 9.17) is 0 Å². The van der Waals surface area contributed by atoms with Crippen LogP contribution in [-0.4, -0.2) is 70.9 Å². The molecule has 77 heavy (non-hydrogen) atoms. The van der Waals surface area contributed by atoms with E-state index in [1.54, 1.807) is 146 Å². The number of ketones is 4. The molecule has 0 bridgehead atoms. The summed E-state index contributed by atoms with van der Waals surface area (Å²) in [7, 11) is 0. The Hall–Kier alpha value is -10.1. The van der Waals surface area contributed by atoms with Gasteiger partial charge in [-0.05, 0) is 48.5 Å². The minimum absolute atomic E-state index is 0. The number of hydrogen-bond acceptors (Lipinski definition) is 16. The van der Waals surface area contributed by atoms with Gasteiger partial charge < -0.3 is 18.9 Å². The number of ether oxygens (including phenoxy) is 4. The maximum Gasteiger partial charge on any atom is 0.387 e. The Morgan fingerprint density at radius 2 is 0.299 bits per heavy atom. The van der Waals surface area contributed by atoms with Crippen molar-refractivity contribution in [3.63, 3.8) is 0 Å². The van der Waals surface area contributed by atoms with Gasteiger partial charge >= 0.3 is 47.8 Å². The number of carbonyl (C=O) groups excluding carboxylic acids is 12. The minimum atomic E-state index is -1.18. The Bertz CT molecular complexity index is 2870. The molecule has 16 nitrogen and oxygen atoms in total. The summed E-state index contributed by atoms with van der Waals surface area (Å²) >= 11 is 0. The van der Waals surface area contributed by atoms with Gasteiger partial charge in [-0.25, -0.2) is 38.4 Å². The first-order chi connectivity index (χ1) is 36.7. The largest absolute Gasteiger partial charge is 0.387 e. The van der Waals surface area contributed by atoms with Crippen molar-refractivity contribution >= 4 is 70.9 Å². The van der Waals surface area contributed by atoms with Crippen LogP contribution < -0.4 is 0 Å². The summed E-state index contributed by atoms with van der Waals surface area (Å²) in [6, 6.07) is 63.8. The molecule has 0 heterocycles. The minimum Gasteiger partial charge on any atom is -0.383 e. The molecule has 8 rings (SSSR count). The fourth-order valence-electron chi connectivity index (χ4n) is 5.88. The second-order valence-corrected chi connectivity index (χ2v) is 15.0. The van der Waals surface area contributed by atoms with Gasteiger partial charge in [0.2, 0.25) is 0 Å². The number of rotatable bonds is 12. The van der Waals surface area contributed by atoms with Gasteiger partial charge in [-0.2, -0.15) is 0 Å². The summed E-state index contributed by atoms with van der Waals surface area (Å²) in [4.78, 5) is 139. The Morgan fingerprint density at radius 1 is 0.182 bits per heavy atom. The quantitative estimate of drug-likeness (QED) is 0.0364. The molecule has 0 aliphatic carbocycles. The summed E-state index contributed by atoms with van der Waals surface area (Å²) in [6.07, 6.45) is 0. The maximum atomic E-state index is 11.7. The van der Waals surface area contributed by atoms with Crippen molar-refractivity contribution in [1.82, 2.24) is 0 Å². The molecular weight excluding hydrogens is 1070 g/mol. The van der Waals surface area contributed by atoms with Crippen LogP contribution in [0.3, 0.4) is 0 Å². The van der Waals surface area contributed by atoms with E-state index < -0.39 is 70.9 Å². The van der Waals surface area contributed by atoms with E-state index in [1.807, 2.05) is 0 Å². The molecule has 17 heteroatoms. The third kappa shape index (κ3) is 19.3. The zero-order valence-electron chi connectivity index (χ0n) is 40.1. The van der Waals surface area contributed by atoms with Gasteiger partial charge in [0.1, 0.15) is 0 Å². The molecule has 380 valence electrons. The molecule has 0 N–H and O–H groups in total. The molecule has 0 unspecified atom stereocenters. The number of Topliss-reactive ketones (excluding diaryl/α,β-unsaturated/α-hetero) is 4. The molecule has 8 aromatic rings. The number of hydrogen-bond donors (Lipinski definition) is 0. The SMILES string of the molecule is O=C(OC(=O)c1ccccc1)C(=O)c1ccccc1.O=C(OC(=O)c1ccccc1)C(=O)c1ccccc1.O=C(OC(=O)c1ccccc1)C(=O)c1ccccc1.O=C(OC(=O)c1ccccc1)C(=O)c1ccccc1.[Zr]. The van der Waals surface area contributed by atoms with Crippen molar-refractivity contribution in [3.8, 4) is 0 Å². The van der Waals surface area contributed by atoms with Crippen molar-refractivity contribution in [2.45, 2.75) is 0 Å². The van der Waals surface area contributed by atoms with Gasteiger partial charge in [-0.15, -0.1) is 0 Å². The molecule has 0 aliphatic heterocycles. The van der Waals surface area contributed by atoms with Gasteiger partial charge in [0.25, 0.3) is 23.1 Å². The molecule has 0 radical (unpaired) electrons. The first-order valence-corrected chi connectivity index (χ1v) is 22.4. The molecule has 0 fully saturated rings. The van der Waals surface area contributed by atoms with Gasteiger partial charge in [0.15, 0.2) is 0 Å². The third-order valence-corrected chi connectivity index (χ3v) is 9.67. The topological polar surface area (TPSA) is 242 Å². The Kier molecular flexibility index (Phi) is 24.3. The molecular formula is C60H40O16Zr. The Morgan fingerprint density at radius 3 is 0.429 bits per heavy atom. The third-order valence-electron chi connectivity index (χ3n) is 9.67. The standard InChI is InChI=1S/4C15H10O4.Zr/c4*16-13(11-7-3-1-4-8-11)15(18)19-14(17)12-9-5-2-6-10-12;/h4*1-10H;. The monoisotopic (exact) mass is 1110 g/mol. The van der Waals surface area contributed by atoms with Crippen molar-refractivity contribution in [2.75, 3.05) is 0 Å². The van der Waals surface area contributed by atoms with Crippen LogP contribution in [0.15, 0.2) is 243 Å².